The first-order valence-electron chi connectivity index (χ1n) is 10.2. The molecule has 1 saturated heterocycles. The normalized spacial score (nSPS) is 21.5. The Morgan fingerprint density at radius 1 is 1.14 bits per heavy atom. The lowest BCUT2D eigenvalue weighted by Crippen LogP contribution is -2.45. The molecular weight excluding hydrogens is 364 g/mol. The van der Waals surface area contributed by atoms with E-state index in [1.54, 1.807) is 0 Å². The second kappa shape index (κ2) is 10.2. The number of nitrogens with two attached hydrogens (primary N) is 1. The van der Waals surface area contributed by atoms with Crippen molar-refractivity contribution in [2.75, 3.05) is 7.05 Å². The Balaban J connectivity index is 1.70. The number of aliphatic hydroxyl groups is 1. The van der Waals surface area contributed by atoms with Gasteiger partial charge in [0.1, 0.15) is 0 Å². The zero-order chi connectivity index (χ0) is 20.6. The van der Waals surface area contributed by atoms with Crippen LogP contribution in [0.1, 0.15) is 49.3 Å². The topological polar surface area (TPSA) is 91.0 Å². The van der Waals surface area contributed by atoms with Crippen LogP contribution in [0.25, 0.3) is 0 Å². The Kier molecular flexibility index (Phi) is 7.38. The third kappa shape index (κ3) is 5.89. The standard InChI is InChI=1S/C23H30N4O2/c1-27-19(15-21(25-26-23(24)29)17-9-4-2-5-10-17)13-8-14-20(27)16-22(28)18-11-6-3-7-12-18/h2-7,9-12,19-20,22,28H,8,13-16H2,1H3,(H3,24,26,29). The third-order valence-electron chi connectivity index (χ3n) is 5.74. The van der Waals surface area contributed by atoms with Gasteiger partial charge < -0.3 is 10.8 Å². The summed E-state index contributed by atoms with van der Waals surface area (Å²) >= 11 is 0. The fraction of sp³-hybridized carbons (Fsp3) is 0.391. The number of piperidine rings is 1. The van der Waals surface area contributed by atoms with Crippen molar-refractivity contribution in [1.29, 1.82) is 0 Å². The number of carbonyl (C=O) groups is 1. The van der Waals surface area contributed by atoms with Crippen LogP contribution in [0, 0.1) is 0 Å². The Bertz CT molecular complexity index is 810. The van der Waals surface area contributed by atoms with Crippen LogP contribution in [0.4, 0.5) is 4.79 Å². The largest absolute Gasteiger partial charge is 0.388 e. The molecule has 1 heterocycles. The van der Waals surface area contributed by atoms with Crippen LogP contribution < -0.4 is 11.2 Å². The van der Waals surface area contributed by atoms with E-state index >= 15 is 0 Å². The number of likely N-dealkylation sites (tertiary alicyclic amines) is 1. The number of carbonyl (C=O) groups excluding carboxylic acids is 1. The molecule has 154 valence electrons. The summed E-state index contributed by atoms with van der Waals surface area (Å²) in [5.74, 6) is 0. The van der Waals surface area contributed by atoms with Crippen LogP contribution in [0.3, 0.4) is 0 Å². The molecule has 6 heteroatoms. The molecule has 0 aliphatic carbocycles. The molecule has 3 atom stereocenters. The Morgan fingerprint density at radius 2 is 1.76 bits per heavy atom. The predicted octanol–water partition coefficient (Wildman–Crippen LogP) is 3.43. The van der Waals surface area contributed by atoms with Crippen molar-refractivity contribution in [3.05, 3.63) is 71.8 Å². The van der Waals surface area contributed by atoms with E-state index in [1.807, 2.05) is 60.7 Å². The van der Waals surface area contributed by atoms with Gasteiger partial charge >= 0.3 is 6.03 Å². The molecule has 0 bridgehead atoms. The average molecular weight is 395 g/mol. The Labute approximate surface area is 172 Å². The number of hydrogen-bond acceptors (Lipinski definition) is 4. The second-order valence-corrected chi connectivity index (χ2v) is 7.67. The average Bonchev–Trinajstić information content (AvgIpc) is 2.74. The van der Waals surface area contributed by atoms with Crippen molar-refractivity contribution in [2.45, 2.75) is 50.3 Å². The lowest BCUT2D eigenvalue weighted by molar-refractivity contribution is 0.0638. The first-order valence-corrected chi connectivity index (χ1v) is 10.2. The highest BCUT2D eigenvalue weighted by Gasteiger charge is 2.30. The first-order chi connectivity index (χ1) is 14.0. The predicted molar refractivity (Wildman–Crippen MR) is 116 cm³/mol. The van der Waals surface area contributed by atoms with Crippen molar-refractivity contribution in [3.8, 4) is 0 Å². The second-order valence-electron chi connectivity index (χ2n) is 7.67. The smallest absolute Gasteiger partial charge is 0.332 e. The van der Waals surface area contributed by atoms with Crippen LogP contribution in [0.2, 0.25) is 0 Å². The molecule has 1 fully saturated rings. The van der Waals surface area contributed by atoms with Crippen molar-refractivity contribution in [1.82, 2.24) is 10.3 Å². The molecular formula is C23H30N4O2. The lowest BCUT2D eigenvalue weighted by atomic mass is 9.88. The number of urea groups is 1. The van der Waals surface area contributed by atoms with Gasteiger partial charge in [-0.15, -0.1) is 0 Å². The van der Waals surface area contributed by atoms with Crippen LogP contribution in [0.15, 0.2) is 65.8 Å². The zero-order valence-electron chi connectivity index (χ0n) is 16.9. The number of primary amides is 1. The number of hydrogen-bond donors (Lipinski definition) is 3. The molecule has 0 aromatic heterocycles. The SMILES string of the molecule is CN1C(CC(=NNC(N)=O)c2ccccc2)CCCC1CC(O)c1ccccc1. The van der Waals surface area contributed by atoms with Gasteiger partial charge in [0.2, 0.25) is 0 Å². The van der Waals surface area contributed by atoms with E-state index in [0.717, 1.165) is 36.1 Å². The van der Waals surface area contributed by atoms with Gasteiger partial charge in [0.25, 0.3) is 0 Å². The number of nitrogens with zero attached hydrogens (tertiary/aromatic N) is 2. The van der Waals surface area contributed by atoms with Gasteiger partial charge in [-0.3, -0.25) is 4.90 Å². The van der Waals surface area contributed by atoms with Gasteiger partial charge in [0.05, 0.1) is 11.8 Å². The summed E-state index contributed by atoms with van der Waals surface area (Å²) in [5, 5.41) is 14.9. The maximum atomic E-state index is 11.2. The van der Waals surface area contributed by atoms with Gasteiger partial charge in [-0.05, 0) is 37.4 Å². The molecule has 0 spiro atoms. The molecule has 2 aromatic carbocycles. The first kappa shape index (κ1) is 21.0. The Morgan fingerprint density at radius 3 is 2.41 bits per heavy atom. The molecule has 29 heavy (non-hydrogen) atoms. The number of benzene rings is 2. The monoisotopic (exact) mass is 394 g/mol. The number of nitrogens with one attached hydrogen (secondary N) is 1. The van der Waals surface area contributed by atoms with E-state index in [0.29, 0.717) is 18.9 Å². The third-order valence-corrected chi connectivity index (χ3v) is 5.74. The highest BCUT2D eigenvalue weighted by atomic mass is 16.3. The number of aliphatic hydroxyl groups excluding tert-OH is 1. The minimum atomic E-state index is -0.667. The van der Waals surface area contributed by atoms with E-state index in [2.05, 4.69) is 22.5 Å². The summed E-state index contributed by atoms with van der Waals surface area (Å²) in [4.78, 5) is 13.5. The maximum absolute atomic E-state index is 11.2. The quantitative estimate of drug-likeness (QED) is 0.496. The van der Waals surface area contributed by atoms with E-state index in [9.17, 15) is 9.90 Å². The fourth-order valence-corrected chi connectivity index (χ4v) is 4.10. The summed E-state index contributed by atoms with van der Waals surface area (Å²) in [7, 11) is 2.12. The van der Waals surface area contributed by atoms with Gasteiger partial charge in [0, 0.05) is 18.5 Å². The van der Waals surface area contributed by atoms with E-state index in [1.165, 1.54) is 0 Å². The zero-order valence-corrected chi connectivity index (χ0v) is 16.9. The number of amides is 2. The molecule has 2 aromatic rings. The molecule has 2 amide bonds. The fourth-order valence-electron chi connectivity index (χ4n) is 4.10. The van der Waals surface area contributed by atoms with Crippen LogP contribution in [0.5, 0.6) is 0 Å². The van der Waals surface area contributed by atoms with Gasteiger partial charge in [0.15, 0.2) is 0 Å². The van der Waals surface area contributed by atoms with Gasteiger partial charge in [-0.1, -0.05) is 67.1 Å². The Hall–Kier alpha value is -2.70. The number of hydrazone groups is 1. The molecule has 3 rings (SSSR count). The van der Waals surface area contributed by atoms with Crippen molar-refractivity contribution in [3.63, 3.8) is 0 Å². The minimum Gasteiger partial charge on any atom is -0.388 e. The molecule has 6 nitrogen and oxygen atoms in total. The van der Waals surface area contributed by atoms with Crippen molar-refractivity contribution >= 4 is 11.7 Å². The van der Waals surface area contributed by atoms with Crippen molar-refractivity contribution in [2.24, 2.45) is 10.8 Å². The highest BCUT2D eigenvalue weighted by molar-refractivity contribution is 6.01. The maximum Gasteiger partial charge on any atom is 0.332 e. The molecule has 4 N–H and O–H groups in total. The molecule has 0 radical (unpaired) electrons. The van der Waals surface area contributed by atoms with Gasteiger partial charge in [-0.2, -0.15) is 5.10 Å². The highest BCUT2D eigenvalue weighted by Crippen LogP contribution is 2.30. The molecule has 3 unspecified atom stereocenters. The van der Waals surface area contributed by atoms with Gasteiger partial charge in [-0.25, -0.2) is 10.2 Å². The summed E-state index contributed by atoms with van der Waals surface area (Å²) in [6.07, 6.45) is 4.16. The molecule has 1 aliphatic rings. The molecule has 1 aliphatic heterocycles. The minimum absolute atomic E-state index is 0.283. The number of rotatable bonds is 7. The van der Waals surface area contributed by atoms with E-state index in [4.69, 9.17) is 5.73 Å². The van der Waals surface area contributed by atoms with Crippen LogP contribution in [-0.4, -0.2) is 40.9 Å². The summed E-state index contributed by atoms with van der Waals surface area (Å²) < 4.78 is 0. The van der Waals surface area contributed by atoms with Crippen molar-refractivity contribution < 1.29 is 9.90 Å². The van der Waals surface area contributed by atoms with Crippen LogP contribution in [-0.2, 0) is 0 Å². The summed E-state index contributed by atoms with van der Waals surface area (Å²) in [6, 6.07) is 19.6. The summed E-state index contributed by atoms with van der Waals surface area (Å²) in [5.41, 5.74) is 10.3. The van der Waals surface area contributed by atoms with Crippen LogP contribution >= 0.6 is 0 Å². The molecule has 0 saturated carbocycles. The summed E-state index contributed by atoms with van der Waals surface area (Å²) in [6.45, 7) is 0. The lowest BCUT2D eigenvalue weighted by Gasteiger charge is -2.40. The van der Waals surface area contributed by atoms with E-state index in [-0.39, 0.29) is 6.04 Å². The van der Waals surface area contributed by atoms with E-state index < -0.39 is 12.1 Å².